The number of hydrogen-bond donors (Lipinski definition) is 0. The summed E-state index contributed by atoms with van der Waals surface area (Å²) in [6.07, 6.45) is 0. The van der Waals surface area contributed by atoms with Gasteiger partial charge in [0.05, 0.1) is 22.3 Å². The van der Waals surface area contributed by atoms with Gasteiger partial charge in [0.15, 0.2) is 12.3 Å². The van der Waals surface area contributed by atoms with Crippen LogP contribution in [-0.2, 0) is 18.4 Å². The number of rotatable bonds is 5. The summed E-state index contributed by atoms with van der Waals surface area (Å²) >= 11 is 1.54. The number of hydrogen-bond acceptors (Lipinski definition) is 8. The third-order valence-corrected chi connectivity index (χ3v) is 5.52. The minimum atomic E-state index is -0.504. The highest BCUT2D eigenvalue weighted by Gasteiger charge is 2.21. The topological polar surface area (TPSA) is 95.9 Å². The average molecular weight is 431 g/mol. The third kappa shape index (κ3) is 3.59. The predicted molar refractivity (Wildman–Crippen MR) is 115 cm³/mol. The van der Waals surface area contributed by atoms with Gasteiger partial charge in [0.25, 0.3) is 5.89 Å². The second kappa shape index (κ2) is 7.77. The number of esters is 1. The summed E-state index contributed by atoms with van der Waals surface area (Å²) < 4.78 is 12.4. The van der Waals surface area contributed by atoms with Crippen LogP contribution in [0.25, 0.3) is 33.7 Å². The minimum Gasteiger partial charge on any atom is -0.452 e. The Balaban J connectivity index is 1.46. The molecule has 0 fully saturated rings. The first-order valence-electron chi connectivity index (χ1n) is 9.52. The molecule has 0 spiro atoms. The number of thiophene rings is 1. The Morgan fingerprint density at radius 1 is 1.16 bits per heavy atom. The molecule has 0 saturated carbocycles. The lowest BCUT2D eigenvalue weighted by molar-refractivity contribution is 0.0432. The molecule has 0 aliphatic carbocycles. The van der Waals surface area contributed by atoms with Crippen LogP contribution in [0.2, 0.25) is 0 Å². The van der Waals surface area contributed by atoms with Crippen LogP contribution in [0.5, 0.6) is 0 Å². The normalized spacial score (nSPS) is 11.2. The van der Waals surface area contributed by atoms with E-state index >= 15 is 0 Å². The van der Waals surface area contributed by atoms with E-state index in [0.29, 0.717) is 33.8 Å². The van der Waals surface area contributed by atoms with Crippen molar-refractivity contribution in [3.63, 3.8) is 0 Å². The smallest absolute Gasteiger partial charge is 0.339 e. The van der Waals surface area contributed by atoms with Gasteiger partial charge in [0.1, 0.15) is 0 Å². The Morgan fingerprint density at radius 3 is 2.77 bits per heavy atom. The minimum absolute atomic E-state index is 0.125. The third-order valence-electron chi connectivity index (χ3n) is 4.83. The Bertz CT molecular complexity index is 1370. The fourth-order valence-corrected chi connectivity index (χ4v) is 4.02. The highest BCUT2D eigenvalue weighted by Crippen LogP contribution is 2.27. The van der Waals surface area contributed by atoms with Crippen molar-refractivity contribution in [1.82, 2.24) is 24.9 Å². The monoisotopic (exact) mass is 431 g/mol. The molecule has 0 unspecified atom stereocenters. The molecule has 0 aliphatic heterocycles. The number of aryl methyl sites for hydroxylation is 2. The molecule has 9 heteroatoms. The van der Waals surface area contributed by atoms with Gasteiger partial charge in [-0.2, -0.15) is 21.4 Å². The standard InChI is InChI=1S/C22H17N5O3S/c1-13-19-16(10-17(14-6-4-3-5-7-14)23-21(19)27(2)25-13)22(28)29-11-18-24-20(26-30-18)15-8-9-31-12-15/h3-10,12H,11H2,1-2H3. The molecule has 4 heterocycles. The van der Waals surface area contributed by atoms with Crippen LogP contribution in [-0.4, -0.2) is 30.9 Å². The number of carbonyl (C=O) groups is 1. The highest BCUT2D eigenvalue weighted by molar-refractivity contribution is 7.08. The quantitative estimate of drug-likeness (QED) is 0.380. The van der Waals surface area contributed by atoms with Gasteiger partial charge < -0.3 is 9.26 Å². The molecule has 4 aromatic heterocycles. The first-order valence-corrected chi connectivity index (χ1v) is 10.5. The number of benzene rings is 1. The highest BCUT2D eigenvalue weighted by atomic mass is 32.1. The number of aromatic nitrogens is 5. The van der Waals surface area contributed by atoms with Gasteiger partial charge in [-0.3, -0.25) is 4.68 Å². The maximum Gasteiger partial charge on any atom is 0.339 e. The summed E-state index contributed by atoms with van der Waals surface area (Å²) in [6.45, 7) is 1.72. The van der Waals surface area contributed by atoms with Crippen molar-refractivity contribution >= 4 is 28.3 Å². The summed E-state index contributed by atoms with van der Waals surface area (Å²) in [5.41, 5.74) is 4.14. The summed E-state index contributed by atoms with van der Waals surface area (Å²) in [5.74, 6) is 0.190. The van der Waals surface area contributed by atoms with Gasteiger partial charge in [0.2, 0.25) is 5.82 Å². The molecule has 0 amide bonds. The number of pyridine rings is 1. The molecule has 1 aromatic carbocycles. The maximum absolute atomic E-state index is 13.0. The van der Waals surface area contributed by atoms with Crippen molar-refractivity contribution in [3.05, 3.63) is 70.4 Å². The van der Waals surface area contributed by atoms with Crippen molar-refractivity contribution < 1.29 is 14.1 Å². The molecule has 0 radical (unpaired) electrons. The summed E-state index contributed by atoms with van der Waals surface area (Å²) in [5, 5.41) is 12.9. The van der Waals surface area contributed by atoms with E-state index in [4.69, 9.17) is 14.2 Å². The van der Waals surface area contributed by atoms with E-state index in [2.05, 4.69) is 15.2 Å². The van der Waals surface area contributed by atoms with E-state index in [0.717, 1.165) is 11.1 Å². The average Bonchev–Trinajstić information content (AvgIpc) is 3.53. The van der Waals surface area contributed by atoms with Crippen LogP contribution in [0, 0.1) is 6.92 Å². The molecule has 31 heavy (non-hydrogen) atoms. The van der Waals surface area contributed by atoms with Crippen molar-refractivity contribution in [2.75, 3.05) is 0 Å². The molecule has 0 aliphatic rings. The first kappa shape index (κ1) is 19.1. The second-order valence-corrected chi connectivity index (χ2v) is 7.71. The Morgan fingerprint density at radius 2 is 2.00 bits per heavy atom. The Kier molecular flexibility index (Phi) is 4.79. The molecule has 0 atom stereocenters. The number of nitrogens with zero attached hydrogens (tertiary/aromatic N) is 5. The van der Waals surface area contributed by atoms with Crippen LogP contribution in [0.1, 0.15) is 21.9 Å². The lowest BCUT2D eigenvalue weighted by atomic mass is 10.1. The van der Waals surface area contributed by atoms with Crippen LogP contribution < -0.4 is 0 Å². The Hall–Kier alpha value is -3.85. The predicted octanol–water partition coefficient (Wildman–Crippen LogP) is 4.41. The van der Waals surface area contributed by atoms with E-state index in [1.807, 2.05) is 54.1 Å². The fraction of sp³-hybridized carbons (Fsp3) is 0.136. The lowest BCUT2D eigenvalue weighted by Crippen LogP contribution is -2.08. The maximum atomic E-state index is 13.0. The van der Waals surface area contributed by atoms with Gasteiger partial charge in [-0.15, -0.1) is 0 Å². The number of fused-ring (bicyclic) bond motifs is 1. The molecule has 0 N–H and O–H groups in total. The van der Waals surface area contributed by atoms with Crippen LogP contribution in [0.4, 0.5) is 0 Å². The Labute approximate surface area is 181 Å². The van der Waals surface area contributed by atoms with E-state index < -0.39 is 5.97 Å². The molecule has 154 valence electrons. The van der Waals surface area contributed by atoms with Gasteiger partial charge in [-0.1, -0.05) is 35.5 Å². The van der Waals surface area contributed by atoms with Gasteiger partial charge in [0, 0.05) is 23.6 Å². The zero-order valence-electron chi connectivity index (χ0n) is 16.8. The van der Waals surface area contributed by atoms with E-state index in [1.165, 1.54) is 0 Å². The molecule has 0 saturated heterocycles. The zero-order chi connectivity index (χ0) is 21.4. The van der Waals surface area contributed by atoms with Crippen molar-refractivity contribution in [2.45, 2.75) is 13.5 Å². The summed E-state index contributed by atoms with van der Waals surface area (Å²) in [4.78, 5) is 22.0. The van der Waals surface area contributed by atoms with Crippen molar-refractivity contribution in [2.24, 2.45) is 7.05 Å². The largest absolute Gasteiger partial charge is 0.452 e. The second-order valence-electron chi connectivity index (χ2n) is 6.93. The van der Waals surface area contributed by atoms with Crippen LogP contribution in [0.15, 0.2) is 57.7 Å². The lowest BCUT2D eigenvalue weighted by Gasteiger charge is -2.08. The molecular weight excluding hydrogens is 414 g/mol. The zero-order valence-corrected chi connectivity index (χ0v) is 17.6. The first-order chi connectivity index (χ1) is 15.1. The summed E-state index contributed by atoms with van der Waals surface area (Å²) in [7, 11) is 1.80. The van der Waals surface area contributed by atoms with Gasteiger partial charge in [-0.05, 0) is 24.4 Å². The molecule has 5 rings (SSSR count). The molecule has 0 bridgehead atoms. The molecule has 5 aromatic rings. The van der Waals surface area contributed by atoms with Crippen LogP contribution in [0.3, 0.4) is 0 Å². The number of ether oxygens (including phenoxy) is 1. The van der Waals surface area contributed by atoms with E-state index in [1.54, 1.807) is 29.1 Å². The van der Waals surface area contributed by atoms with Crippen LogP contribution >= 0.6 is 11.3 Å². The molecular formula is C22H17N5O3S. The van der Waals surface area contributed by atoms with E-state index in [9.17, 15) is 4.79 Å². The summed E-state index contributed by atoms with van der Waals surface area (Å²) in [6, 6.07) is 13.3. The SMILES string of the molecule is Cc1nn(C)c2nc(-c3ccccc3)cc(C(=O)OCc3nc(-c4ccsc4)no3)c12. The fourth-order valence-electron chi connectivity index (χ4n) is 3.39. The van der Waals surface area contributed by atoms with E-state index in [-0.39, 0.29) is 12.5 Å². The van der Waals surface area contributed by atoms with Gasteiger partial charge in [-0.25, -0.2) is 9.78 Å². The number of carbonyl (C=O) groups excluding carboxylic acids is 1. The van der Waals surface area contributed by atoms with Crippen molar-refractivity contribution in [1.29, 1.82) is 0 Å². The van der Waals surface area contributed by atoms with Gasteiger partial charge >= 0.3 is 5.97 Å². The molecule has 8 nitrogen and oxygen atoms in total. The van der Waals surface area contributed by atoms with Crippen molar-refractivity contribution in [3.8, 4) is 22.6 Å².